The highest BCUT2D eigenvalue weighted by molar-refractivity contribution is 4.89. The van der Waals surface area contributed by atoms with Crippen LogP contribution in [0, 0.1) is 0 Å². The lowest BCUT2D eigenvalue weighted by atomic mass is 10.2. The molecule has 0 saturated heterocycles. The highest BCUT2D eigenvalue weighted by Gasteiger charge is 2.11. The molecule has 0 unspecified atom stereocenters. The van der Waals surface area contributed by atoms with E-state index >= 15 is 0 Å². The van der Waals surface area contributed by atoms with Crippen LogP contribution < -0.4 is 5.73 Å². The Morgan fingerprint density at radius 3 is 3.00 bits per heavy atom. The largest absolute Gasteiger partial charge is 0.377 e. The van der Waals surface area contributed by atoms with Crippen molar-refractivity contribution in [2.24, 2.45) is 5.73 Å². The van der Waals surface area contributed by atoms with Crippen LogP contribution in [0.4, 0.5) is 0 Å². The van der Waals surface area contributed by atoms with Crippen LogP contribution in [0.5, 0.6) is 0 Å². The Morgan fingerprint density at radius 1 is 1.67 bits per heavy atom. The predicted molar refractivity (Wildman–Crippen MR) is 42.2 cm³/mol. The standard InChI is InChI=1S/C7H13N3O2/c1-3-5(8)7-9-6(4-11-2)10-12-7/h5H,3-4,8H2,1-2H3/t5-/m1/s1. The van der Waals surface area contributed by atoms with E-state index in [-0.39, 0.29) is 6.04 Å². The molecule has 0 bridgehead atoms. The second kappa shape index (κ2) is 4.18. The third-order valence-electron chi connectivity index (χ3n) is 1.51. The number of hydrogen-bond acceptors (Lipinski definition) is 5. The minimum atomic E-state index is -0.164. The average Bonchev–Trinajstić information content (AvgIpc) is 2.52. The molecule has 5 nitrogen and oxygen atoms in total. The molecule has 1 heterocycles. The smallest absolute Gasteiger partial charge is 0.243 e. The van der Waals surface area contributed by atoms with E-state index < -0.39 is 0 Å². The fourth-order valence-corrected chi connectivity index (χ4v) is 0.780. The van der Waals surface area contributed by atoms with Crippen molar-refractivity contribution >= 4 is 0 Å². The lowest BCUT2D eigenvalue weighted by Gasteiger charge is -1.98. The Bertz CT molecular complexity index is 236. The van der Waals surface area contributed by atoms with Crippen molar-refractivity contribution in [3.63, 3.8) is 0 Å². The SMILES string of the molecule is CC[C@@H](N)c1nc(COC)no1. The van der Waals surface area contributed by atoms with E-state index in [0.717, 1.165) is 6.42 Å². The van der Waals surface area contributed by atoms with Crippen LogP contribution in [0.15, 0.2) is 4.52 Å². The Labute approximate surface area is 70.9 Å². The van der Waals surface area contributed by atoms with Crippen molar-refractivity contribution in [3.8, 4) is 0 Å². The van der Waals surface area contributed by atoms with Gasteiger partial charge in [0, 0.05) is 7.11 Å². The highest BCUT2D eigenvalue weighted by Crippen LogP contribution is 2.10. The Kier molecular flexibility index (Phi) is 3.19. The highest BCUT2D eigenvalue weighted by atomic mass is 16.5. The molecular formula is C7H13N3O2. The van der Waals surface area contributed by atoms with Gasteiger partial charge in [-0.3, -0.25) is 0 Å². The van der Waals surface area contributed by atoms with Crippen LogP contribution >= 0.6 is 0 Å². The van der Waals surface area contributed by atoms with Crippen LogP contribution in [-0.2, 0) is 11.3 Å². The number of nitrogens with zero attached hydrogens (tertiary/aromatic N) is 2. The summed E-state index contributed by atoms with van der Waals surface area (Å²) in [5.74, 6) is 1.01. The predicted octanol–water partition coefficient (Wildman–Crippen LogP) is 0.626. The molecule has 0 saturated carbocycles. The topological polar surface area (TPSA) is 74.2 Å². The normalized spacial score (nSPS) is 13.2. The lowest BCUT2D eigenvalue weighted by molar-refractivity contribution is 0.174. The van der Waals surface area contributed by atoms with Crippen LogP contribution in [-0.4, -0.2) is 17.3 Å². The maximum absolute atomic E-state index is 5.67. The van der Waals surface area contributed by atoms with Gasteiger partial charge in [-0.1, -0.05) is 12.1 Å². The summed E-state index contributed by atoms with van der Waals surface area (Å²) in [6, 6.07) is -0.164. The number of nitrogens with two attached hydrogens (primary N) is 1. The zero-order chi connectivity index (χ0) is 8.97. The summed E-state index contributed by atoms with van der Waals surface area (Å²) in [4.78, 5) is 4.04. The first kappa shape index (κ1) is 9.15. The average molecular weight is 171 g/mol. The van der Waals surface area contributed by atoms with Gasteiger partial charge in [0.25, 0.3) is 0 Å². The molecule has 1 aromatic rings. The number of hydrogen-bond donors (Lipinski definition) is 1. The van der Waals surface area contributed by atoms with Gasteiger partial charge in [0.15, 0.2) is 5.82 Å². The quantitative estimate of drug-likeness (QED) is 0.719. The number of ether oxygens (including phenoxy) is 1. The van der Waals surface area contributed by atoms with Crippen molar-refractivity contribution in [2.75, 3.05) is 7.11 Å². The van der Waals surface area contributed by atoms with Crippen molar-refractivity contribution in [1.29, 1.82) is 0 Å². The minimum Gasteiger partial charge on any atom is -0.377 e. The van der Waals surface area contributed by atoms with Crippen LogP contribution in [0.25, 0.3) is 0 Å². The Balaban J connectivity index is 2.63. The molecule has 1 atom stereocenters. The zero-order valence-corrected chi connectivity index (χ0v) is 7.28. The first-order chi connectivity index (χ1) is 5.77. The number of aromatic nitrogens is 2. The van der Waals surface area contributed by atoms with Gasteiger partial charge in [-0.2, -0.15) is 4.98 Å². The van der Waals surface area contributed by atoms with E-state index in [1.54, 1.807) is 7.11 Å². The van der Waals surface area contributed by atoms with Gasteiger partial charge in [-0.25, -0.2) is 0 Å². The zero-order valence-electron chi connectivity index (χ0n) is 7.28. The summed E-state index contributed by atoms with van der Waals surface area (Å²) in [7, 11) is 1.58. The third-order valence-corrected chi connectivity index (χ3v) is 1.51. The summed E-state index contributed by atoms with van der Waals surface area (Å²) in [6.07, 6.45) is 0.786. The van der Waals surface area contributed by atoms with Crippen LogP contribution in [0.2, 0.25) is 0 Å². The first-order valence-electron chi connectivity index (χ1n) is 3.85. The Morgan fingerprint density at radius 2 is 2.42 bits per heavy atom. The summed E-state index contributed by atoms with van der Waals surface area (Å²) < 4.78 is 9.73. The maximum atomic E-state index is 5.67. The van der Waals surface area contributed by atoms with Gasteiger partial charge < -0.3 is 15.0 Å². The molecular weight excluding hydrogens is 158 g/mol. The fourth-order valence-electron chi connectivity index (χ4n) is 0.780. The van der Waals surface area contributed by atoms with Gasteiger partial charge >= 0.3 is 0 Å². The molecule has 0 radical (unpaired) electrons. The summed E-state index contributed by atoms with van der Waals surface area (Å²) in [6.45, 7) is 2.32. The molecule has 12 heavy (non-hydrogen) atoms. The van der Waals surface area contributed by atoms with Gasteiger partial charge in [0.05, 0.1) is 6.04 Å². The van der Waals surface area contributed by atoms with Crippen molar-refractivity contribution in [2.45, 2.75) is 26.0 Å². The molecule has 5 heteroatoms. The number of rotatable bonds is 4. The summed E-state index contributed by atoms with van der Waals surface area (Å²) in [5, 5.41) is 3.68. The Hall–Kier alpha value is -0.940. The summed E-state index contributed by atoms with van der Waals surface area (Å²) >= 11 is 0. The molecule has 0 aliphatic heterocycles. The van der Waals surface area contributed by atoms with E-state index in [1.165, 1.54) is 0 Å². The van der Waals surface area contributed by atoms with E-state index in [1.807, 2.05) is 6.92 Å². The van der Waals surface area contributed by atoms with Gasteiger partial charge in [0.1, 0.15) is 6.61 Å². The van der Waals surface area contributed by atoms with E-state index in [2.05, 4.69) is 10.1 Å². The first-order valence-corrected chi connectivity index (χ1v) is 3.85. The molecule has 0 spiro atoms. The second-order valence-electron chi connectivity index (χ2n) is 2.50. The van der Waals surface area contributed by atoms with Crippen LogP contribution in [0.1, 0.15) is 31.1 Å². The van der Waals surface area contributed by atoms with Crippen LogP contribution in [0.3, 0.4) is 0 Å². The maximum Gasteiger partial charge on any atom is 0.243 e. The molecule has 0 aliphatic rings. The van der Waals surface area contributed by atoms with Gasteiger partial charge in [0.2, 0.25) is 5.89 Å². The molecule has 0 aliphatic carbocycles. The van der Waals surface area contributed by atoms with E-state index in [9.17, 15) is 0 Å². The molecule has 0 fully saturated rings. The van der Waals surface area contributed by atoms with E-state index in [4.69, 9.17) is 15.0 Å². The minimum absolute atomic E-state index is 0.164. The molecule has 68 valence electrons. The molecule has 0 amide bonds. The lowest BCUT2D eigenvalue weighted by Crippen LogP contribution is -2.08. The van der Waals surface area contributed by atoms with Crippen molar-refractivity contribution in [1.82, 2.24) is 10.1 Å². The third kappa shape index (κ3) is 2.02. The van der Waals surface area contributed by atoms with E-state index in [0.29, 0.717) is 18.3 Å². The molecule has 0 aromatic carbocycles. The monoisotopic (exact) mass is 171 g/mol. The second-order valence-corrected chi connectivity index (χ2v) is 2.50. The van der Waals surface area contributed by atoms with Crippen molar-refractivity contribution in [3.05, 3.63) is 11.7 Å². The molecule has 1 rings (SSSR count). The van der Waals surface area contributed by atoms with Crippen molar-refractivity contribution < 1.29 is 9.26 Å². The summed E-state index contributed by atoms with van der Waals surface area (Å²) in [5.41, 5.74) is 5.67. The molecule has 2 N–H and O–H groups in total. The fraction of sp³-hybridized carbons (Fsp3) is 0.714. The molecule has 1 aromatic heterocycles. The number of methoxy groups -OCH3 is 1. The van der Waals surface area contributed by atoms with Gasteiger partial charge in [-0.15, -0.1) is 0 Å². The van der Waals surface area contributed by atoms with Gasteiger partial charge in [-0.05, 0) is 6.42 Å².